The number of aliphatic hydroxyl groups excluding tert-OH is 1. The Morgan fingerprint density at radius 1 is 1.50 bits per heavy atom. The Labute approximate surface area is 112 Å². The monoisotopic (exact) mass is 277 g/mol. The molecule has 0 heterocycles. The second-order valence-electron chi connectivity index (χ2n) is 4.71. The van der Waals surface area contributed by atoms with Crippen LogP contribution in [0.25, 0.3) is 0 Å². The van der Waals surface area contributed by atoms with E-state index in [1.54, 1.807) is 32.7 Å². The van der Waals surface area contributed by atoms with Gasteiger partial charge in [0, 0.05) is 7.05 Å². The van der Waals surface area contributed by atoms with E-state index in [-0.39, 0.29) is 12.5 Å². The number of carbonyl (C=O) groups excluding carboxylic acids is 2. The molecule has 1 atom stereocenters. The Morgan fingerprint density at radius 3 is 2.44 bits per heavy atom. The highest BCUT2D eigenvalue weighted by atomic mass is 32.2. The number of nitrogens with one attached hydrogen (secondary N) is 1. The van der Waals surface area contributed by atoms with E-state index in [1.165, 1.54) is 4.90 Å². The number of hydrogen-bond donors (Lipinski definition) is 3. The summed E-state index contributed by atoms with van der Waals surface area (Å²) in [7, 11) is 1.60. The highest BCUT2D eigenvalue weighted by Crippen LogP contribution is 2.14. The molecule has 106 valence electrons. The fourth-order valence-corrected chi connectivity index (χ4v) is 1.77. The number of urea groups is 1. The largest absolute Gasteiger partial charge is 0.394 e. The van der Waals surface area contributed by atoms with E-state index in [4.69, 9.17) is 5.73 Å². The number of aliphatic hydroxyl groups is 1. The van der Waals surface area contributed by atoms with E-state index in [1.807, 2.05) is 6.26 Å². The van der Waals surface area contributed by atoms with Crippen LogP contribution in [0.1, 0.15) is 20.3 Å². The minimum absolute atomic E-state index is 0.152. The zero-order valence-electron chi connectivity index (χ0n) is 11.4. The van der Waals surface area contributed by atoms with Gasteiger partial charge in [0.25, 0.3) is 0 Å². The lowest BCUT2D eigenvalue weighted by Crippen LogP contribution is -2.56. The Balaban J connectivity index is 4.77. The molecule has 0 saturated carbocycles. The molecule has 0 fully saturated rings. The smallest absolute Gasteiger partial charge is 0.312 e. The van der Waals surface area contributed by atoms with Gasteiger partial charge in [0.15, 0.2) is 0 Å². The summed E-state index contributed by atoms with van der Waals surface area (Å²) < 4.78 is 0. The van der Waals surface area contributed by atoms with Gasteiger partial charge in [-0.1, -0.05) is 0 Å². The van der Waals surface area contributed by atoms with Crippen molar-refractivity contribution < 1.29 is 14.7 Å². The number of nitrogens with zero attached hydrogens (tertiary/aromatic N) is 1. The summed E-state index contributed by atoms with van der Waals surface area (Å²) in [6.45, 7) is 3.35. The third-order valence-corrected chi connectivity index (χ3v) is 3.49. The van der Waals surface area contributed by atoms with Crippen molar-refractivity contribution >= 4 is 23.7 Å². The minimum atomic E-state index is -0.718. The molecule has 0 rings (SSSR count). The SMILES string of the molecule is CSCCC(NC(N)=O)C(=O)N(C)C(C)(C)CO. The van der Waals surface area contributed by atoms with Gasteiger partial charge < -0.3 is 21.1 Å². The van der Waals surface area contributed by atoms with Gasteiger partial charge in [0.05, 0.1) is 12.1 Å². The van der Waals surface area contributed by atoms with E-state index in [9.17, 15) is 14.7 Å². The zero-order valence-corrected chi connectivity index (χ0v) is 12.2. The van der Waals surface area contributed by atoms with Crippen molar-refractivity contribution in [3.63, 3.8) is 0 Å². The Hall–Kier alpha value is -0.950. The van der Waals surface area contributed by atoms with Crippen molar-refractivity contribution in [3.8, 4) is 0 Å². The fourth-order valence-electron chi connectivity index (χ4n) is 1.30. The Bertz CT molecular complexity index is 297. The average molecular weight is 277 g/mol. The number of thioether (sulfide) groups is 1. The van der Waals surface area contributed by atoms with Gasteiger partial charge in [-0.2, -0.15) is 11.8 Å². The predicted octanol–water partition coefficient (Wildman–Crippen LogP) is 0.00570. The van der Waals surface area contributed by atoms with Gasteiger partial charge in [-0.15, -0.1) is 0 Å². The first-order chi connectivity index (χ1) is 8.26. The number of hydrogen-bond acceptors (Lipinski definition) is 4. The molecule has 0 aromatic rings. The maximum atomic E-state index is 12.2. The minimum Gasteiger partial charge on any atom is -0.394 e. The molecule has 0 radical (unpaired) electrons. The molecule has 18 heavy (non-hydrogen) atoms. The van der Waals surface area contributed by atoms with Gasteiger partial charge >= 0.3 is 6.03 Å². The van der Waals surface area contributed by atoms with Gasteiger partial charge in [0.2, 0.25) is 5.91 Å². The molecule has 0 spiro atoms. The Morgan fingerprint density at radius 2 is 2.06 bits per heavy atom. The molecular weight excluding hydrogens is 254 g/mol. The molecule has 1 unspecified atom stereocenters. The van der Waals surface area contributed by atoms with Crippen LogP contribution in [0.3, 0.4) is 0 Å². The number of primary amides is 1. The molecule has 7 heteroatoms. The molecule has 0 saturated heterocycles. The van der Waals surface area contributed by atoms with Crippen molar-refractivity contribution in [1.29, 1.82) is 0 Å². The molecule has 6 nitrogen and oxygen atoms in total. The van der Waals surface area contributed by atoms with Crippen LogP contribution in [0.5, 0.6) is 0 Å². The lowest BCUT2D eigenvalue weighted by atomic mass is 10.0. The standard InChI is InChI=1S/C11H23N3O3S/c1-11(2,7-15)14(3)9(16)8(5-6-18-4)13-10(12)17/h8,15H,5-7H2,1-4H3,(H3,12,13,17). The number of carbonyl (C=O) groups is 2. The fraction of sp³-hybridized carbons (Fsp3) is 0.818. The van der Waals surface area contributed by atoms with Crippen LogP contribution in [0.15, 0.2) is 0 Å². The third kappa shape index (κ3) is 5.14. The molecule has 0 aromatic heterocycles. The van der Waals surface area contributed by atoms with E-state index in [2.05, 4.69) is 5.32 Å². The number of likely N-dealkylation sites (N-methyl/N-ethyl adjacent to an activating group) is 1. The van der Waals surface area contributed by atoms with Crippen LogP contribution in [0, 0.1) is 0 Å². The van der Waals surface area contributed by atoms with Gasteiger partial charge in [-0.05, 0) is 32.3 Å². The van der Waals surface area contributed by atoms with Crippen molar-refractivity contribution in [1.82, 2.24) is 10.2 Å². The molecular formula is C11H23N3O3S. The van der Waals surface area contributed by atoms with E-state index in [0.29, 0.717) is 6.42 Å². The summed E-state index contributed by atoms with van der Waals surface area (Å²) in [6.07, 6.45) is 2.43. The maximum Gasteiger partial charge on any atom is 0.312 e. The lowest BCUT2D eigenvalue weighted by molar-refractivity contribution is -0.138. The van der Waals surface area contributed by atoms with Crippen molar-refractivity contribution in [2.24, 2.45) is 5.73 Å². The summed E-state index contributed by atoms with van der Waals surface area (Å²) in [6, 6.07) is -1.37. The molecule has 0 aliphatic carbocycles. The van der Waals surface area contributed by atoms with E-state index in [0.717, 1.165) is 5.75 Å². The zero-order chi connectivity index (χ0) is 14.3. The van der Waals surface area contributed by atoms with Crippen LogP contribution >= 0.6 is 11.8 Å². The van der Waals surface area contributed by atoms with Crippen LogP contribution in [-0.4, -0.2) is 59.2 Å². The number of rotatable bonds is 7. The molecule has 0 aromatic carbocycles. The summed E-state index contributed by atoms with van der Waals surface area (Å²) in [5, 5.41) is 11.7. The third-order valence-electron chi connectivity index (χ3n) is 2.85. The van der Waals surface area contributed by atoms with Crippen LogP contribution < -0.4 is 11.1 Å². The predicted molar refractivity (Wildman–Crippen MR) is 73.4 cm³/mol. The highest BCUT2D eigenvalue weighted by Gasteiger charge is 2.31. The summed E-state index contributed by atoms with van der Waals surface area (Å²) >= 11 is 1.59. The van der Waals surface area contributed by atoms with E-state index < -0.39 is 17.6 Å². The second kappa shape index (κ2) is 7.48. The normalized spacial score (nSPS) is 12.9. The van der Waals surface area contributed by atoms with E-state index >= 15 is 0 Å². The second-order valence-corrected chi connectivity index (χ2v) is 5.70. The van der Waals surface area contributed by atoms with Crippen LogP contribution in [0.2, 0.25) is 0 Å². The van der Waals surface area contributed by atoms with Gasteiger partial charge in [-0.3, -0.25) is 4.79 Å². The lowest BCUT2D eigenvalue weighted by Gasteiger charge is -2.36. The summed E-state index contributed by atoms with van der Waals surface area (Å²) in [4.78, 5) is 24.6. The average Bonchev–Trinajstić information content (AvgIpc) is 2.32. The van der Waals surface area contributed by atoms with Gasteiger partial charge in [0.1, 0.15) is 6.04 Å². The van der Waals surface area contributed by atoms with Crippen LogP contribution in [0.4, 0.5) is 4.79 Å². The Kier molecular flexibility index (Phi) is 7.08. The molecule has 0 aliphatic heterocycles. The van der Waals surface area contributed by atoms with Crippen molar-refractivity contribution in [2.45, 2.75) is 31.8 Å². The van der Waals surface area contributed by atoms with Gasteiger partial charge in [-0.25, -0.2) is 4.79 Å². The summed E-state index contributed by atoms with van der Waals surface area (Å²) in [5.74, 6) is 0.492. The first-order valence-electron chi connectivity index (χ1n) is 5.69. The van der Waals surface area contributed by atoms with Crippen molar-refractivity contribution in [3.05, 3.63) is 0 Å². The first-order valence-corrected chi connectivity index (χ1v) is 7.09. The molecule has 4 N–H and O–H groups in total. The quantitative estimate of drug-likeness (QED) is 0.610. The summed E-state index contributed by atoms with van der Waals surface area (Å²) in [5.41, 5.74) is 4.40. The topological polar surface area (TPSA) is 95.7 Å². The van der Waals surface area contributed by atoms with Crippen LogP contribution in [-0.2, 0) is 4.79 Å². The van der Waals surface area contributed by atoms with Crippen molar-refractivity contribution in [2.75, 3.05) is 25.7 Å². The number of nitrogens with two attached hydrogens (primary N) is 1. The maximum absolute atomic E-state index is 12.2. The molecule has 0 bridgehead atoms. The first kappa shape index (κ1) is 17.1. The molecule has 0 aliphatic rings. The highest BCUT2D eigenvalue weighted by molar-refractivity contribution is 7.98. The number of amides is 3. The molecule has 3 amide bonds.